The average molecular weight is 469 g/mol. The SMILES string of the molecule is O=C(Nc1ccccc1Oc1ccccc1)C1CCCN(c2ccc(-c3ccc(F)cc3)nn2)C1. The second-order valence-electron chi connectivity index (χ2n) is 8.47. The number of nitrogens with zero attached hydrogens (tertiary/aromatic N) is 3. The fraction of sp³-hybridized carbons (Fsp3) is 0.179. The summed E-state index contributed by atoms with van der Waals surface area (Å²) in [5, 5.41) is 11.7. The summed E-state index contributed by atoms with van der Waals surface area (Å²) in [4.78, 5) is 15.2. The minimum absolute atomic E-state index is 0.0466. The molecule has 3 aromatic carbocycles. The van der Waals surface area contributed by atoms with Crippen LogP contribution in [-0.4, -0.2) is 29.2 Å². The summed E-state index contributed by atoms with van der Waals surface area (Å²) < 4.78 is 19.2. The highest BCUT2D eigenvalue weighted by atomic mass is 19.1. The van der Waals surface area contributed by atoms with Gasteiger partial charge in [0.2, 0.25) is 5.91 Å². The largest absolute Gasteiger partial charge is 0.455 e. The van der Waals surface area contributed by atoms with Crippen molar-refractivity contribution in [3.8, 4) is 22.8 Å². The Kier molecular flexibility index (Phi) is 6.66. The molecule has 0 saturated carbocycles. The molecular formula is C28H25FN4O2. The van der Waals surface area contributed by atoms with E-state index >= 15 is 0 Å². The molecule has 176 valence electrons. The van der Waals surface area contributed by atoms with Crippen molar-refractivity contribution in [3.05, 3.63) is 96.8 Å². The quantitative estimate of drug-likeness (QED) is 0.380. The molecule has 1 aromatic heterocycles. The lowest BCUT2D eigenvalue weighted by Gasteiger charge is -2.32. The number of ether oxygens (including phenoxy) is 1. The molecule has 1 saturated heterocycles. The maximum Gasteiger partial charge on any atom is 0.229 e. The van der Waals surface area contributed by atoms with E-state index in [0.717, 1.165) is 30.8 Å². The molecule has 35 heavy (non-hydrogen) atoms. The van der Waals surface area contributed by atoms with Gasteiger partial charge in [-0.2, -0.15) is 0 Å². The number of halogens is 1. The number of hydrogen-bond acceptors (Lipinski definition) is 5. The Balaban J connectivity index is 1.25. The highest BCUT2D eigenvalue weighted by molar-refractivity contribution is 5.94. The van der Waals surface area contributed by atoms with E-state index in [1.165, 1.54) is 12.1 Å². The molecule has 0 bridgehead atoms. The normalized spacial score (nSPS) is 15.5. The van der Waals surface area contributed by atoms with Crippen molar-refractivity contribution >= 4 is 17.4 Å². The van der Waals surface area contributed by atoms with Crippen LogP contribution >= 0.6 is 0 Å². The predicted octanol–water partition coefficient (Wildman–Crippen LogP) is 5.93. The van der Waals surface area contributed by atoms with Crippen LogP contribution in [0.15, 0.2) is 91.0 Å². The number of anilines is 2. The van der Waals surface area contributed by atoms with Gasteiger partial charge in [-0.05, 0) is 73.5 Å². The minimum atomic E-state index is -0.287. The molecule has 0 radical (unpaired) electrons. The highest BCUT2D eigenvalue weighted by Gasteiger charge is 2.27. The van der Waals surface area contributed by atoms with Gasteiger partial charge in [0.15, 0.2) is 11.6 Å². The van der Waals surface area contributed by atoms with E-state index in [-0.39, 0.29) is 17.6 Å². The number of para-hydroxylation sites is 3. The molecule has 0 aliphatic carbocycles. The Morgan fingerprint density at radius 1 is 0.914 bits per heavy atom. The third kappa shape index (κ3) is 5.46. The lowest BCUT2D eigenvalue weighted by molar-refractivity contribution is -0.120. The molecule has 1 unspecified atom stereocenters. The number of carbonyl (C=O) groups excluding carboxylic acids is 1. The van der Waals surface area contributed by atoms with Gasteiger partial charge >= 0.3 is 0 Å². The van der Waals surface area contributed by atoms with Crippen molar-refractivity contribution in [2.45, 2.75) is 12.8 Å². The van der Waals surface area contributed by atoms with Gasteiger partial charge in [-0.25, -0.2) is 4.39 Å². The second-order valence-corrected chi connectivity index (χ2v) is 8.47. The van der Waals surface area contributed by atoms with Crippen LogP contribution in [0.4, 0.5) is 15.9 Å². The van der Waals surface area contributed by atoms with Gasteiger partial charge in [0.1, 0.15) is 11.6 Å². The number of piperidine rings is 1. The van der Waals surface area contributed by atoms with E-state index in [1.807, 2.05) is 66.7 Å². The fourth-order valence-corrected chi connectivity index (χ4v) is 4.18. The monoisotopic (exact) mass is 468 g/mol. The smallest absolute Gasteiger partial charge is 0.229 e. The van der Waals surface area contributed by atoms with Crippen LogP contribution in [0, 0.1) is 11.7 Å². The van der Waals surface area contributed by atoms with Crippen molar-refractivity contribution in [3.63, 3.8) is 0 Å². The molecular weight excluding hydrogens is 443 g/mol. The molecule has 1 fully saturated rings. The van der Waals surface area contributed by atoms with Gasteiger partial charge in [0.25, 0.3) is 0 Å². The standard InChI is InChI=1S/C28H25FN4O2/c29-22-14-12-20(13-15-22)24-16-17-27(32-31-24)33-18-6-7-21(19-33)28(34)30-25-10-4-5-11-26(25)35-23-8-2-1-3-9-23/h1-5,8-17,21H,6-7,18-19H2,(H,30,34). The maximum absolute atomic E-state index is 13.2. The van der Waals surface area contributed by atoms with Crippen LogP contribution in [0.3, 0.4) is 0 Å². The Morgan fingerprint density at radius 2 is 1.69 bits per heavy atom. The van der Waals surface area contributed by atoms with Gasteiger partial charge in [0, 0.05) is 18.7 Å². The van der Waals surface area contributed by atoms with E-state index in [2.05, 4.69) is 20.4 Å². The van der Waals surface area contributed by atoms with Gasteiger partial charge in [-0.3, -0.25) is 4.79 Å². The van der Waals surface area contributed by atoms with Crippen molar-refractivity contribution in [2.24, 2.45) is 5.92 Å². The lowest BCUT2D eigenvalue weighted by Crippen LogP contribution is -2.41. The summed E-state index contributed by atoms with van der Waals surface area (Å²) in [6.07, 6.45) is 1.67. The molecule has 1 aliphatic rings. The summed E-state index contributed by atoms with van der Waals surface area (Å²) >= 11 is 0. The zero-order chi connectivity index (χ0) is 24.0. The van der Waals surface area contributed by atoms with Crippen molar-refractivity contribution in [2.75, 3.05) is 23.3 Å². The van der Waals surface area contributed by atoms with Crippen molar-refractivity contribution in [1.29, 1.82) is 0 Å². The first-order valence-electron chi connectivity index (χ1n) is 11.6. The molecule has 4 aromatic rings. The van der Waals surface area contributed by atoms with Crippen LogP contribution in [0.5, 0.6) is 11.5 Å². The number of amides is 1. The third-order valence-corrected chi connectivity index (χ3v) is 6.02. The van der Waals surface area contributed by atoms with E-state index in [9.17, 15) is 9.18 Å². The lowest BCUT2D eigenvalue weighted by atomic mass is 9.97. The number of aromatic nitrogens is 2. The molecule has 0 spiro atoms. The molecule has 1 amide bonds. The van der Waals surface area contributed by atoms with Crippen molar-refractivity contribution < 1.29 is 13.9 Å². The predicted molar refractivity (Wildman–Crippen MR) is 134 cm³/mol. The first-order valence-corrected chi connectivity index (χ1v) is 11.6. The fourth-order valence-electron chi connectivity index (χ4n) is 4.18. The number of nitrogens with one attached hydrogen (secondary N) is 1. The van der Waals surface area contributed by atoms with E-state index in [1.54, 1.807) is 12.1 Å². The van der Waals surface area contributed by atoms with Gasteiger partial charge < -0.3 is 15.0 Å². The summed E-state index contributed by atoms with van der Waals surface area (Å²) in [5.74, 6) is 1.51. The van der Waals surface area contributed by atoms with Gasteiger partial charge in [-0.1, -0.05) is 30.3 Å². The van der Waals surface area contributed by atoms with Crippen LogP contribution in [0.1, 0.15) is 12.8 Å². The molecule has 1 N–H and O–H groups in total. The molecule has 5 rings (SSSR count). The highest BCUT2D eigenvalue weighted by Crippen LogP contribution is 2.30. The number of hydrogen-bond donors (Lipinski definition) is 1. The molecule has 1 atom stereocenters. The first kappa shape index (κ1) is 22.5. The van der Waals surface area contributed by atoms with E-state index in [0.29, 0.717) is 29.4 Å². The summed E-state index contributed by atoms with van der Waals surface area (Å²) in [6, 6.07) is 26.9. The van der Waals surface area contributed by atoms with Gasteiger partial charge in [0.05, 0.1) is 17.3 Å². The third-order valence-electron chi connectivity index (χ3n) is 6.02. The van der Waals surface area contributed by atoms with E-state index < -0.39 is 0 Å². The van der Waals surface area contributed by atoms with Crippen LogP contribution < -0.4 is 15.0 Å². The number of rotatable bonds is 6. The van der Waals surface area contributed by atoms with Gasteiger partial charge in [-0.15, -0.1) is 10.2 Å². The average Bonchev–Trinajstić information content (AvgIpc) is 2.91. The zero-order valence-electron chi connectivity index (χ0n) is 19.1. The van der Waals surface area contributed by atoms with Crippen LogP contribution in [0.25, 0.3) is 11.3 Å². The van der Waals surface area contributed by atoms with E-state index in [4.69, 9.17) is 4.74 Å². The summed E-state index contributed by atoms with van der Waals surface area (Å²) in [7, 11) is 0. The number of benzene rings is 3. The Hall–Kier alpha value is -4.26. The molecule has 7 heteroatoms. The first-order chi connectivity index (χ1) is 17.2. The molecule has 6 nitrogen and oxygen atoms in total. The zero-order valence-corrected chi connectivity index (χ0v) is 19.1. The maximum atomic E-state index is 13.2. The summed E-state index contributed by atoms with van der Waals surface area (Å²) in [6.45, 7) is 1.36. The minimum Gasteiger partial charge on any atom is -0.455 e. The van der Waals surface area contributed by atoms with Crippen molar-refractivity contribution in [1.82, 2.24) is 10.2 Å². The topological polar surface area (TPSA) is 67.3 Å². The second kappa shape index (κ2) is 10.3. The number of carbonyl (C=O) groups is 1. The summed E-state index contributed by atoms with van der Waals surface area (Å²) in [5.41, 5.74) is 2.12. The Bertz CT molecular complexity index is 1280. The Labute approximate surface area is 203 Å². The van der Waals surface area contributed by atoms with Crippen LogP contribution in [-0.2, 0) is 4.79 Å². The Morgan fingerprint density at radius 3 is 2.46 bits per heavy atom. The molecule has 1 aliphatic heterocycles. The van der Waals surface area contributed by atoms with Crippen LogP contribution in [0.2, 0.25) is 0 Å². The molecule has 2 heterocycles.